The van der Waals surface area contributed by atoms with E-state index in [9.17, 15) is 9.36 Å². The van der Waals surface area contributed by atoms with Crippen molar-refractivity contribution in [2.75, 3.05) is 27.9 Å². The highest BCUT2D eigenvalue weighted by molar-refractivity contribution is 7.60. The molecule has 0 aliphatic carbocycles. The van der Waals surface area contributed by atoms with Crippen molar-refractivity contribution in [3.63, 3.8) is 0 Å². The number of methoxy groups -OCH3 is 3. The van der Waals surface area contributed by atoms with Gasteiger partial charge in [0, 0.05) is 7.11 Å². The van der Waals surface area contributed by atoms with Crippen molar-refractivity contribution in [1.82, 2.24) is 0 Å². The zero-order valence-corrected chi connectivity index (χ0v) is 10.9. The monoisotopic (exact) mass is 267 g/mol. The Hall–Kier alpha value is -1.11. The molecule has 0 aromatic carbocycles. The van der Waals surface area contributed by atoms with E-state index in [1.54, 1.807) is 6.92 Å². The first-order valence-corrected chi connectivity index (χ1v) is 6.29. The zero-order chi connectivity index (χ0) is 13.1. The molecule has 0 saturated carbocycles. The van der Waals surface area contributed by atoms with Crippen LogP contribution in [-0.4, -0.2) is 45.5 Å². The predicted octanol–water partition coefficient (Wildman–Crippen LogP) is 0.722. The first-order chi connectivity index (χ1) is 7.99. The quantitative estimate of drug-likeness (QED) is 0.547. The van der Waals surface area contributed by atoms with E-state index in [0.717, 1.165) is 14.2 Å². The molecule has 98 valence electrons. The van der Waals surface area contributed by atoms with E-state index in [1.165, 1.54) is 7.11 Å². The number of hydrogen-bond acceptors (Lipinski definition) is 7. The lowest BCUT2D eigenvalue weighted by molar-refractivity contribution is -0.187. The average Bonchev–Trinajstić information content (AvgIpc) is 2.62. The van der Waals surface area contributed by atoms with E-state index >= 15 is 0 Å². The van der Waals surface area contributed by atoms with E-state index in [1.807, 2.05) is 0 Å². The van der Waals surface area contributed by atoms with E-state index in [0.29, 0.717) is 0 Å². The lowest BCUT2D eigenvalue weighted by Crippen LogP contribution is -2.42. The van der Waals surface area contributed by atoms with Gasteiger partial charge in [-0.15, -0.1) is 4.76 Å². The van der Waals surface area contributed by atoms with E-state index < -0.39 is 19.0 Å². The van der Waals surface area contributed by atoms with Gasteiger partial charge in [-0.2, -0.15) is 0 Å². The van der Waals surface area contributed by atoms with Crippen LogP contribution in [0, 0.1) is 0 Å². The van der Waals surface area contributed by atoms with E-state index in [-0.39, 0.29) is 12.7 Å². The Balaban J connectivity index is 3.22. The van der Waals surface area contributed by atoms with Gasteiger partial charge in [0.2, 0.25) is 0 Å². The Labute approximate surface area is 98.3 Å². The minimum Gasteiger partial charge on any atom is -0.464 e. The van der Waals surface area contributed by atoms with Crippen LogP contribution in [0.15, 0.2) is 4.76 Å². The minimum atomic E-state index is -3.91. The van der Waals surface area contributed by atoms with Gasteiger partial charge < -0.3 is 23.5 Å². The third kappa shape index (κ3) is 2.03. The number of hydrogen-bond donors (Lipinski definition) is 0. The second-order valence-electron chi connectivity index (χ2n) is 2.89. The molecule has 0 amide bonds. The SMILES string of the molecule is CCOP1(=O)N=C(OC)OC1(OC)C(=O)OC. The molecule has 0 radical (unpaired) electrons. The number of carbonyl (C=O) groups excluding carboxylic acids is 1. The zero-order valence-electron chi connectivity index (χ0n) is 9.96. The average molecular weight is 267 g/mol. The van der Waals surface area contributed by atoms with Crippen LogP contribution in [0.2, 0.25) is 0 Å². The third-order valence-corrected chi connectivity index (χ3v) is 4.24. The van der Waals surface area contributed by atoms with Gasteiger partial charge in [-0.05, 0) is 6.92 Å². The fraction of sp³-hybridized carbons (Fsp3) is 0.750. The Morgan fingerprint density at radius 3 is 2.53 bits per heavy atom. The fourth-order valence-electron chi connectivity index (χ4n) is 1.27. The molecule has 1 aliphatic rings. The summed E-state index contributed by atoms with van der Waals surface area (Å²) in [4.78, 5) is 11.7. The molecule has 9 heteroatoms. The van der Waals surface area contributed by atoms with Crippen molar-refractivity contribution in [3.8, 4) is 0 Å². The molecule has 0 spiro atoms. The largest absolute Gasteiger partial charge is 0.464 e. The van der Waals surface area contributed by atoms with Gasteiger partial charge in [-0.3, -0.25) is 4.57 Å². The number of rotatable bonds is 4. The highest BCUT2D eigenvalue weighted by Gasteiger charge is 2.67. The molecule has 0 N–H and O–H groups in total. The molecule has 1 heterocycles. The van der Waals surface area contributed by atoms with E-state index in [2.05, 4.69) is 9.50 Å². The van der Waals surface area contributed by atoms with Crippen molar-refractivity contribution in [1.29, 1.82) is 0 Å². The van der Waals surface area contributed by atoms with Crippen LogP contribution in [0.4, 0.5) is 0 Å². The molecule has 0 bridgehead atoms. The van der Waals surface area contributed by atoms with Crippen molar-refractivity contribution in [2.45, 2.75) is 12.5 Å². The molecule has 2 unspecified atom stereocenters. The van der Waals surface area contributed by atoms with Crippen LogP contribution in [0.25, 0.3) is 0 Å². The van der Waals surface area contributed by atoms with Crippen LogP contribution >= 0.6 is 7.52 Å². The topological polar surface area (TPSA) is 92.7 Å². The van der Waals surface area contributed by atoms with Crippen molar-refractivity contribution in [2.24, 2.45) is 4.76 Å². The lowest BCUT2D eigenvalue weighted by atomic mass is 10.6. The molecule has 2 atom stereocenters. The Kier molecular flexibility index (Phi) is 4.13. The van der Waals surface area contributed by atoms with Gasteiger partial charge in [0.25, 0.3) is 0 Å². The second-order valence-corrected chi connectivity index (χ2v) is 4.98. The van der Waals surface area contributed by atoms with Crippen LogP contribution in [0.3, 0.4) is 0 Å². The Morgan fingerprint density at radius 2 is 2.12 bits per heavy atom. The second kappa shape index (κ2) is 5.03. The highest BCUT2D eigenvalue weighted by Crippen LogP contribution is 2.65. The molecule has 17 heavy (non-hydrogen) atoms. The third-order valence-electron chi connectivity index (χ3n) is 2.01. The van der Waals surface area contributed by atoms with Crippen LogP contribution in [0.1, 0.15) is 6.92 Å². The maximum absolute atomic E-state index is 12.4. The summed E-state index contributed by atoms with van der Waals surface area (Å²) in [6.07, 6.45) is -0.353. The van der Waals surface area contributed by atoms with Crippen molar-refractivity contribution < 1.29 is 32.8 Å². The summed E-state index contributed by atoms with van der Waals surface area (Å²) in [5, 5.41) is 0. The molecular formula is C8H14NO7P. The molecule has 0 saturated heterocycles. The maximum atomic E-state index is 12.4. The van der Waals surface area contributed by atoms with Gasteiger partial charge in [0.15, 0.2) is 0 Å². The summed E-state index contributed by atoms with van der Waals surface area (Å²) in [6.45, 7) is 1.65. The lowest BCUT2D eigenvalue weighted by Gasteiger charge is -2.26. The highest BCUT2D eigenvalue weighted by atomic mass is 31.2. The minimum absolute atomic E-state index is 0.0588. The molecule has 0 fully saturated rings. The fourth-order valence-corrected chi connectivity index (χ4v) is 3.06. The number of ether oxygens (including phenoxy) is 4. The van der Waals surface area contributed by atoms with Gasteiger partial charge >= 0.3 is 25.1 Å². The summed E-state index contributed by atoms with van der Waals surface area (Å²) in [6, 6.07) is 0. The van der Waals surface area contributed by atoms with Crippen molar-refractivity contribution >= 4 is 19.6 Å². The smallest absolute Gasteiger partial charge is 0.413 e. The van der Waals surface area contributed by atoms with E-state index in [4.69, 9.17) is 18.7 Å². The summed E-state index contributed by atoms with van der Waals surface area (Å²) in [5.74, 6) is -1.01. The molecule has 1 rings (SSSR count). The number of esters is 1. The van der Waals surface area contributed by atoms with Gasteiger partial charge in [-0.25, -0.2) is 4.79 Å². The summed E-state index contributed by atoms with van der Waals surface area (Å²) < 4.78 is 40.1. The molecule has 8 nitrogen and oxygen atoms in total. The normalized spacial score (nSPS) is 31.6. The van der Waals surface area contributed by atoms with Crippen molar-refractivity contribution in [3.05, 3.63) is 0 Å². The number of nitrogens with zero attached hydrogens (tertiary/aromatic N) is 1. The Bertz CT molecular complexity index is 382. The summed E-state index contributed by atoms with van der Waals surface area (Å²) >= 11 is 0. The molecular weight excluding hydrogens is 253 g/mol. The molecule has 0 aromatic heterocycles. The van der Waals surface area contributed by atoms with Gasteiger partial charge in [-0.1, -0.05) is 0 Å². The first-order valence-electron chi connectivity index (χ1n) is 4.71. The predicted molar refractivity (Wildman–Crippen MR) is 56.5 cm³/mol. The van der Waals surface area contributed by atoms with Crippen LogP contribution in [0.5, 0.6) is 0 Å². The van der Waals surface area contributed by atoms with Crippen LogP contribution in [-0.2, 0) is 32.8 Å². The number of carbonyl (C=O) groups is 1. The van der Waals surface area contributed by atoms with Gasteiger partial charge in [0.05, 0.1) is 20.8 Å². The molecule has 1 aliphatic heterocycles. The molecule has 0 aromatic rings. The maximum Gasteiger partial charge on any atom is 0.413 e. The standard InChI is InChI=1S/C8H14NO7P/c1-5-15-17(11)8(14-4,6(10)12-2)16-7(9-17)13-3/h5H2,1-4H3. The summed E-state index contributed by atoms with van der Waals surface area (Å²) in [7, 11) is -0.424. The summed E-state index contributed by atoms with van der Waals surface area (Å²) in [5.41, 5.74) is -2.23. The van der Waals surface area contributed by atoms with Gasteiger partial charge in [0.1, 0.15) is 0 Å². The Morgan fingerprint density at radius 1 is 1.47 bits per heavy atom. The van der Waals surface area contributed by atoms with Crippen LogP contribution < -0.4 is 0 Å². The first kappa shape index (κ1) is 14.0.